The maximum Gasteiger partial charge on any atom is 0.231 e. The van der Waals surface area contributed by atoms with E-state index in [1.165, 1.54) is 5.30 Å². The smallest absolute Gasteiger partial charge is 0.222 e. The lowest BCUT2D eigenvalue weighted by atomic mass is 10.4. The van der Waals surface area contributed by atoms with Crippen molar-refractivity contribution in [1.82, 2.24) is 0 Å². The largest absolute Gasteiger partial charge is 0.231 e. The molecule has 1 aromatic carbocycles. The van der Waals surface area contributed by atoms with Crippen LogP contribution in [0.15, 0.2) is 30.3 Å². The molecule has 1 rings (SSSR count). The van der Waals surface area contributed by atoms with Crippen molar-refractivity contribution in [3.05, 3.63) is 30.3 Å². The number of isocyanates is 2. The number of hydrogen-bond acceptors (Lipinski definition) is 4. The normalized spacial score (nSPS) is 5.92. The topological polar surface area (TPSA) is 81.8 Å². The summed E-state index contributed by atoms with van der Waals surface area (Å²) in [6.07, 6.45) is 1.50. The van der Waals surface area contributed by atoms with Crippen molar-refractivity contribution in [2.75, 3.05) is 0 Å². The van der Waals surface area contributed by atoms with Crippen LogP contribution in [0.1, 0.15) is 0 Å². The van der Waals surface area contributed by atoms with Gasteiger partial charge in [-0.25, -0.2) is 20.4 Å². The highest BCUT2D eigenvalue weighted by molar-refractivity contribution is 7.27. The summed E-state index contributed by atoms with van der Waals surface area (Å²) in [6, 6.07) is 10.1. The standard InChI is InChI=1S/C6H7P.2CHNO/c7-6-4-2-1-3-5-6;2*2-1-3/h1-5H,7H2;2*2H. The fourth-order valence-electron chi connectivity index (χ4n) is 0.453. The summed E-state index contributed by atoms with van der Waals surface area (Å²) in [7, 11) is 2.63. The lowest BCUT2D eigenvalue weighted by molar-refractivity contribution is 0.562. The Kier molecular flexibility index (Phi) is 14.0. The lowest BCUT2D eigenvalue weighted by Gasteiger charge is -1.82. The van der Waals surface area contributed by atoms with Crippen LogP contribution < -0.4 is 5.30 Å². The highest BCUT2D eigenvalue weighted by Crippen LogP contribution is 1.86. The number of nitrogens with one attached hydrogen (secondary N) is 2. The first-order chi connectivity index (χ1) is 6.22. The molecule has 68 valence electrons. The first-order valence-electron chi connectivity index (χ1n) is 3.11. The molecule has 0 aliphatic heterocycles. The second-order valence-electron chi connectivity index (χ2n) is 1.61. The van der Waals surface area contributed by atoms with Crippen LogP contribution in [-0.2, 0) is 9.59 Å². The second kappa shape index (κ2) is 13.0. The molecule has 0 bridgehead atoms. The molecule has 2 N–H and O–H groups in total. The van der Waals surface area contributed by atoms with Gasteiger partial charge in [-0.15, -0.1) is 9.24 Å². The van der Waals surface area contributed by atoms with Gasteiger partial charge in [0.25, 0.3) is 0 Å². The zero-order valence-electron chi connectivity index (χ0n) is 6.78. The van der Waals surface area contributed by atoms with Gasteiger partial charge in [0.1, 0.15) is 0 Å². The van der Waals surface area contributed by atoms with E-state index in [2.05, 4.69) is 9.24 Å². The average Bonchev–Trinajstić information content (AvgIpc) is 2.08. The third kappa shape index (κ3) is 17.9. The molecule has 0 saturated carbocycles. The molecule has 1 unspecified atom stereocenters. The molecule has 0 heterocycles. The molecule has 0 spiro atoms. The van der Waals surface area contributed by atoms with Gasteiger partial charge in [0.15, 0.2) is 0 Å². The minimum Gasteiger partial charge on any atom is -0.222 e. The van der Waals surface area contributed by atoms with E-state index in [4.69, 9.17) is 20.4 Å². The van der Waals surface area contributed by atoms with Gasteiger partial charge in [0.2, 0.25) is 12.2 Å². The van der Waals surface area contributed by atoms with Crippen molar-refractivity contribution in [2.24, 2.45) is 0 Å². The van der Waals surface area contributed by atoms with Gasteiger partial charge < -0.3 is 0 Å². The average molecular weight is 196 g/mol. The van der Waals surface area contributed by atoms with Crippen LogP contribution >= 0.6 is 9.24 Å². The van der Waals surface area contributed by atoms with E-state index >= 15 is 0 Å². The Labute approximate surface area is 78.2 Å². The van der Waals surface area contributed by atoms with E-state index < -0.39 is 0 Å². The maximum atomic E-state index is 8.35. The van der Waals surface area contributed by atoms with Gasteiger partial charge >= 0.3 is 0 Å². The van der Waals surface area contributed by atoms with Crippen molar-refractivity contribution in [3.8, 4) is 0 Å². The van der Waals surface area contributed by atoms with E-state index in [1.807, 2.05) is 30.3 Å². The molecule has 0 aliphatic carbocycles. The monoisotopic (exact) mass is 196 g/mol. The Morgan fingerprint density at radius 1 is 1.00 bits per heavy atom. The van der Waals surface area contributed by atoms with Gasteiger partial charge in [-0.1, -0.05) is 30.3 Å². The van der Waals surface area contributed by atoms with Crippen molar-refractivity contribution < 1.29 is 9.59 Å². The zero-order valence-corrected chi connectivity index (χ0v) is 7.94. The molecule has 0 saturated heterocycles. The summed E-state index contributed by atoms with van der Waals surface area (Å²) in [4.78, 5) is 16.7. The first-order valence-corrected chi connectivity index (χ1v) is 3.68. The van der Waals surface area contributed by atoms with Crippen LogP contribution in [-0.4, -0.2) is 12.2 Å². The molecular weight excluding hydrogens is 187 g/mol. The molecule has 13 heavy (non-hydrogen) atoms. The molecule has 0 radical (unpaired) electrons. The number of carbonyl (C=O) groups excluding carboxylic acids is 2. The number of rotatable bonds is 0. The van der Waals surface area contributed by atoms with E-state index in [1.54, 1.807) is 0 Å². The van der Waals surface area contributed by atoms with Gasteiger partial charge in [-0.3, -0.25) is 0 Å². The van der Waals surface area contributed by atoms with Gasteiger partial charge in [0, 0.05) is 0 Å². The van der Waals surface area contributed by atoms with Crippen molar-refractivity contribution in [1.29, 1.82) is 10.8 Å². The van der Waals surface area contributed by atoms with Gasteiger partial charge in [-0.2, -0.15) is 0 Å². The fourth-order valence-corrected chi connectivity index (χ4v) is 0.675. The fraction of sp³-hybridized carbons (Fsp3) is 0. The summed E-state index contributed by atoms with van der Waals surface area (Å²) in [5, 5.41) is 12.0. The van der Waals surface area contributed by atoms with Crippen LogP contribution in [0.2, 0.25) is 0 Å². The van der Waals surface area contributed by atoms with E-state index in [9.17, 15) is 0 Å². The predicted molar refractivity (Wildman–Crippen MR) is 52.6 cm³/mol. The summed E-state index contributed by atoms with van der Waals surface area (Å²) in [5.41, 5.74) is 0. The SMILES string of the molecule is N=C=O.N=C=O.Pc1ccccc1. The first kappa shape index (κ1) is 14.0. The van der Waals surface area contributed by atoms with Crippen LogP contribution in [0.25, 0.3) is 0 Å². The molecular formula is C8H9N2O2P. The molecule has 4 nitrogen and oxygen atoms in total. The zero-order chi connectivity index (χ0) is 10.5. The minimum absolute atomic E-state index is 0.750. The molecule has 0 fully saturated rings. The molecule has 0 aliphatic rings. The third-order valence-corrected chi connectivity index (χ3v) is 1.18. The van der Waals surface area contributed by atoms with Crippen molar-refractivity contribution in [2.45, 2.75) is 0 Å². The van der Waals surface area contributed by atoms with E-state index in [-0.39, 0.29) is 0 Å². The number of benzene rings is 1. The third-order valence-electron chi connectivity index (χ3n) is 0.800. The Balaban J connectivity index is 0. The molecule has 0 amide bonds. The summed E-state index contributed by atoms with van der Waals surface area (Å²) >= 11 is 0. The van der Waals surface area contributed by atoms with Crippen molar-refractivity contribution >= 4 is 26.7 Å². The maximum absolute atomic E-state index is 8.35. The Morgan fingerprint density at radius 2 is 1.31 bits per heavy atom. The Bertz CT molecular complexity index is 263. The summed E-state index contributed by atoms with van der Waals surface area (Å²) in [6.45, 7) is 0. The van der Waals surface area contributed by atoms with Crippen molar-refractivity contribution in [3.63, 3.8) is 0 Å². The van der Waals surface area contributed by atoms with Crippen LogP contribution in [0.3, 0.4) is 0 Å². The van der Waals surface area contributed by atoms with E-state index in [0.29, 0.717) is 0 Å². The summed E-state index contributed by atoms with van der Waals surface area (Å²) < 4.78 is 0. The Morgan fingerprint density at radius 3 is 1.46 bits per heavy atom. The molecule has 0 aromatic heterocycles. The van der Waals surface area contributed by atoms with Crippen LogP contribution in [0, 0.1) is 10.8 Å². The highest BCUT2D eigenvalue weighted by atomic mass is 31.0. The van der Waals surface area contributed by atoms with Crippen LogP contribution in [0.5, 0.6) is 0 Å². The second-order valence-corrected chi connectivity index (χ2v) is 2.28. The van der Waals surface area contributed by atoms with E-state index in [0.717, 1.165) is 12.2 Å². The summed E-state index contributed by atoms with van der Waals surface area (Å²) in [5.74, 6) is 0. The highest BCUT2D eigenvalue weighted by Gasteiger charge is 1.72. The number of hydrogen-bond donors (Lipinski definition) is 2. The Hall–Kier alpha value is -1.59. The predicted octanol–water partition coefficient (Wildman–Crippen LogP) is 0.989. The molecule has 5 heteroatoms. The minimum atomic E-state index is 0.750. The van der Waals surface area contributed by atoms with Gasteiger partial charge in [0.05, 0.1) is 0 Å². The molecule has 1 atom stereocenters. The quantitative estimate of drug-likeness (QED) is 0.368. The molecule has 1 aromatic rings. The van der Waals surface area contributed by atoms with Gasteiger partial charge in [-0.05, 0) is 5.30 Å². The lowest BCUT2D eigenvalue weighted by Crippen LogP contribution is -1.82. The van der Waals surface area contributed by atoms with Crippen LogP contribution in [0.4, 0.5) is 0 Å².